The normalized spacial score (nSPS) is 16.4. The van der Waals surface area contributed by atoms with Gasteiger partial charge in [-0.15, -0.1) is 24.8 Å². The number of nitrogens with two attached hydrogens (primary N) is 1. The maximum Gasteiger partial charge on any atom is 0.226 e. The molecule has 3 atom stereocenters. The zero-order valence-corrected chi connectivity index (χ0v) is 26.3. The first-order valence-corrected chi connectivity index (χ1v) is 13.8. The molecule has 1 saturated heterocycles. The minimum Gasteiger partial charge on any atom is -0.493 e. The lowest BCUT2D eigenvalue weighted by Gasteiger charge is -2.36. The molecular formula is C29H53Cl2N3O5. The monoisotopic (exact) mass is 593 g/mol. The number of amides is 1. The molecule has 1 aromatic carbocycles. The highest BCUT2D eigenvalue weighted by Crippen LogP contribution is 2.34. The Bertz CT molecular complexity index is 822. The number of benzene rings is 1. The van der Waals surface area contributed by atoms with Crippen LogP contribution in [0.5, 0.6) is 11.5 Å². The van der Waals surface area contributed by atoms with E-state index >= 15 is 0 Å². The number of hydrogen-bond acceptors (Lipinski definition) is 7. The molecule has 1 aromatic rings. The lowest BCUT2D eigenvalue weighted by Crippen LogP contribution is -2.50. The first-order chi connectivity index (χ1) is 17.6. The SMILES string of the molecule is COCCCOc1cc(CC(CC(N)C(O)CNC(=O)C(C)(C)C2CCNCC2)C(C)C)ccc1OC.Cl.Cl. The summed E-state index contributed by atoms with van der Waals surface area (Å²) >= 11 is 0. The van der Waals surface area contributed by atoms with Crippen molar-refractivity contribution in [3.63, 3.8) is 0 Å². The zero-order chi connectivity index (χ0) is 27.4. The Balaban J connectivity index is 0.00000722. The number of methoxy groups -OCH3 is 2. The molecular weight excluding hydrogens is 541 g/mol. The van der Waals surface area contributed by atoms with E-state index in [-0.39, 0.29) is 43.2 Å². The Hall–Kier alpha value is -1.29. The van der Waals surface area contributed by atoms with Gasteiger partial charge in [0.05, 0.1) is 19.8 Å². The quantitative estimate of drug-likeness (QED) is 0.214. The van der Waals surface area contributed by atoms with Gasteiger partial charge in [0, 0.05) is 38.1 Å². The molecule has 228 valence electrons. The second-order valence-corrected chi connectivity index (χ2v) is 11.3. The number of piperidine rings is 1. The molecule has 39 heavy (non-hydrogen) atoms. The van der Waals surface area contributed by atoms with Crippen molar-refractivity contribution in [3.05, 3.63) is 23.8 Å². The molecule has 0 saturated carbocycles. The first kappa shape index (κ1) is 37.7. The molecule has 3 unspecified atom stereocenters. The third-order valence-electron chi connectivity index (χ3n) is 7.90. The number of hydrogen-bond donors (Lipinski definition) is 4. The van der Waals surface area contributed by atoms with Crippen LogP contribution in [-0.4, -0.2) is 70.2 Å². The van der Waals surface area contributed by atoms with Crippen LogP contribution in [0.3, 0.4) is 0 Å². The van der Waals surface area contributed by atoms with Gasteiger partial charge in [0.2, 0.25) is 5.91 Å². The molecule has 8 nitrogen and oxygen atoms in total. The summed E-state index contributed by atoms with van der Waals surface area (Å²) in [4.78, 5) is 12.9. The number of ether oxygens (including phenoxy) is 3. The summed E-state index contributed by atoms with van der Waals surface area (Å²) in [5.74, 6) is 2.39. The lowest BCUT2D eigenvalue weighted by atomic mass is 9.73. The smallest absolute Gasteiger partial charge is 0.226 e. The number of aliphatic hydroxyl groups is 1. The second-order valence-electron chi connectivity index (χ2n) is 11.3. The van der Waals surface area contributed by atoms with Gasteiger partial charge in [-0.05, 0) is 74.2 Å². The summed E-state index contributed by atoms with van der Waals surface area (Å²) in [5.41, 5.74) is 7.12. The van der Waals surface area contributed by atoms with Gasteiger partial charge in [0.25, 0.3) is 0 Å². The average Bonchev–Trinajstić information content (AvgIpc) is 2.89. The van der Waals surface area contributed by atoms with Crippen LogP contribution in [0.15, 0.2) is 18.2 Å². The van der Waals surface area contributed by atoms with Crippen molar-refractivity contribution in [1.82, 2.24) is 10.6 Å². The number of nitrogens with one attached hydrogen (secondary N) is 2. The van der Waals surface area contributed by atoms with Crippen LogP contribution in [0.25, 0.3) is 0 Å². The summed E-state index contributed by atoms with van der Waals surface area (Å²) in [6.07, 6.45) is 3.45. The highest BCUT2D eigenvalue weighted by molar-refractivity contribution is 5.85. The Labute approximate surface area is 248 Å². The van der Waals surface area contributed by atoms with Gasteiger partial charge in [-0.3, -0.25) is 4.79 Å². The van der Waals surface area contributed by atoms with Crippen molar-refractivity contribution in [1.29, 1.82) is 0 Å². The Morgan fingerprint density at radius 2 is 1.82 bits per heavy atom. The molecule has 0 aromatic heterocycles. The maximum atomic E-state index is 12.9. The summed E-state index contributed by atoms with van der Waals surface area (Å²) in [7, 11) is 3.32. The first-order valence-electron chi connectivity index (χ1n) is 13.8. The minimum atomic E-state index is -0.801. The molecule has 0 radical (unpaired) electrons. The van der Waals surface area contributed by atoms with Crippen molar-refractivity contribution in [2.24, 2.45) is 28.9 Å². The van der Waals surface area contributed by atoms with Crippen molar-refractivity contribution in [3.8, 4) is 11.5 Å². The minimum absolute atomic E-state index is 0. The van der Waals surface area contributed by atoms with Crippen molar-refractivity contribution < 1.29 is 24.1 Å². The van der Waals surface area contributed by atoms with Crippen LogP contribution in [0, 0.1) is 23.2 Å². The van der Waals surface area contributed by atoms with Crippen molar-refractivity contribution in [2.75, 3.05) is 47.1 Å². The van der Waals surface area contributed by atoms with Crippen molar-refractivity contribution >= 4 is 30.7 Å². The fraction of sp³-hybridized carbons (Fsp3) is 0.759. The summed E-state index contributed by atoms with van der Waals surface area (Å²) < 4.78 is 16.5. The molecule has 1 aliphatic rings. The van der Waals surface area contributed by atoms with Gasteiger partial charge < -0.3 is 35.7 Å². The van der Waals surface area contributed by atoms with E-state index in [9.17, 15) is 9.90 Å². The zero-order valence-electron chi connectivity index (χ0n) is 24.7. The van der Waals surface area contributed by atoms with E-state index in [4.69, 9.17) is 19.9 Å². The van der Waals surface area contributed by atoms with E-state index in [2.05, 4.69) is 30.5 Å². The molecule has 10 heteroatoms. The predicted octanol–water partition coefficient (Wildman–Crippen LogP) is 3.99. The molecule has 1 amide bonds. The molecule has 1 heterocycles. The lowest BCUT2D eigenvalue weighted by molar-refractivity contribution is -0.133. The molecule has 0 aliphatic carbocycles. The van der Waals surface area contributed by atoms with Crippen LogP contribution < -0.4 is 25.8 Å². The van der Waals surface area contributed by atoms with E-state index < -0.39 is 17.6 Å². The Morgan fingerprint density at radius 3 is 2.41 bits per heavy atom. The fourth-order valence-electron chi connectivity index (χ4n) is 5.05. The van der Waals surface area contributed by atoms with Gasteiger partial charge in [0.1, 0.15) is 0 Å². The highest BCUT2D eigenvalue weighted by atomic mass is 35.5. The van der Waals surface area contributed by atoms with E-state index in [0.29, 0.717) is 37.2 Å². The second kappa shape index (κ2) is 18.9. The van der Waals surface area contributed by atoms with Crippen LogP contribution >= 0.6 is 24.8 Å². The number of halogens is 2. The largest absolute Gasteiger partial charge is 0.493 e. The standard InChI is InChI=1S/C29H51N3O5.2ClH/c1-20(2)22(16-21-8-9-26(36-6)27(17-21)37-15-7-14-35-5)18-24(30)25(33)19-32-28(34)29(3,4)23-10-12-31-13-11-23;;/h8-9,17,20,22-25,31,33H,7,10-16,18-19,30H2,1-6H3,(H,32,34);2*1H. The van der Waals surface area contributed by atoms with Gasteiger partial charge in [0.15, 0.2) is 11.5 Å². The predicted molar refractivity (Wildman–Crippen MR) is 162 cm³/mol. The molecule has 0 bridgehead atoms. The number of rotatable bonds is 16. The van der Waals surface area contributed by atoms with E-state index in [0.717, 1.165) is 50.1 Å². The van der Waals surface area contributed by atoms with Crippen LogP contribution in [-0.2, 0) is 16.0 Å². The van der Waals surface area contributed by atoms with E-state index in [1.54, 1.807) is 14.2 Å². The van der Waals surface area contributed by atoms with Crippen molar-refractivity contribution in [2.45, 2.75) is 71.9 Å². The Kier molecular flexibility index (Phi) is 18.3. The molecule has 2 rings (SSSR count). The molecule has 5 N–H and O–H groups in total. The summed E-state index contributed by atoms with van der Waals surface area (Å²) in [6, 6.07) is 5.60. The van der Waals surface area contributed by atoms with Gasteiger partial charge >= 0.3 is 0 Å². The van der Waals surface area contributed by atoms with E-state index in [1.165, 1.54) is 0 Å². The number of carbonyl (C=O) groups excluding carboxylic acids is 1. The number of aliphatic hydroxyl groups excluding tert-OH is 1. The summed E-state index contributed by atoms with van der Waals surface area (Å²) in [6.45, 7) is 11.6. The van der Waals surface area contributed by atoms with Gasteiger partial charge in [-0.2, -0.15) is 0 Å². The molecule has 0 spiro atoms. The van der Waals surface area contributed by atoms with Crippen LogP contribution in [0.1, 0.15) is 58.9 Å². The third kappa shape index (κ3) is 12.0. The average molecular weight is 595 g/mol. The van der Waals surface area contributed by atoms with E-state index in [1.807, 2.05) is 26.0 Å². The molecule has 1 fully saturated rings. The summed E-state index contributed by atoms with van der Waals surface area (Å²) in [5, 5.41) is 17.1. The third-order valence-corrected chi connectivity index (χ3v) is 7.90. The fourth-order valence-corrected chi connectivity index (χ4v) is 5.05. The Morgan fingerprint density at radius 1 is 1.15 bits per heavy atom. The molecule has 1 aliphatic heterocycles. The highest BCUT2D eigenvalue weighted by Gasteiger charge is 2.37. The topological polar surface area (TPSA) is 115 Å². The van der Waals surface area contributed by atoms with Gasteiger partial charge in [-0.25, -0.2) is 0 Å². The van der Waals surface area contributed by atoms with Gasteiger partial charge in [-0.1, -0.05) is 33.8 Å². The van der Waals surface area contributed by atoms with Crippen LogP contribution in [0.4, 0.5) is 0 Å². The number of carbonyl (C=O) groups is 1. The van der Waals surface area contributed by atoms with Crippen LogP contribution in [0.2, 0.25) is 0 Å². The maximum absolute atomic E-state index is 12.9.